The van der Waals surface area contributed by atoms with E-state index in [2.05, 4.69) is 0 Å². The fraction of sp³-hybridized carbons (Fsp3) is 0.400. The molecule has 3 nitrogen and oxygen atoms in total. The lowest BCUT2D eigenvalue weighted by atomic mass is 10.1. The molecule has 1 aliphatic rings. The van der Waals surface area contributed by atoms with E-state index in [0.29, 0.717) is 30.3 Å². The molecule has 0 radical (unpaired) electrons. The summed E-state index contributed by atoms with van der Waals surface area (Å²) in [6.45, 7) is 0.102. The molecule has 2 rings (SSSR count). The highest BCUT2D eigenvalue weighted by Crippen LogP contribution is 2.36. The fourth-order valence-corrected chi connectivity index (χ4v) is 1.44. The van der Waals surface area contributed by atoms with E-state index in [4.69, 9.17) is 9.47 Å². The zero-order valence-electron chi connectivity index (χ0n) is 7.57. The van der Waals surface area contributed by atoms with Gasteiger partial charge in [0.25, 0.3) is 0 Å². The van der Waals surface area contributed by atoms with E-state index in [0.717, 1.165) is 0 Å². The lowest BCUT2D eigenvalue weighted by Crippen LogP contribution is -2.17. The Bertz CT molecular complexity index is 327. The van der Waals surface area contributed by atoms with Crippen LogP contribution in [0, 0.1) is 0 Å². The van der Waals surface area contributed by atoms with E-state index in [9.17, 15) is 9.50 Å². The third-order valence-electron chi connectivity index (χ3n) is 2.10. The highest BCUT2D eigenvalue weighted by Gasteiger charge is 2.20. The van der Waals surface area contributed by atoms with Gasteiger partial charge in [-0.2, -0.15) is 0 Å². The summed E-state index contributed by atoms with van der Waals surface area (Å²) in [7, 11) is 0. The predicted molar refractivity (Wildman–Crippen MR) is 48.4 cm³/mol. The average Bonchev–Trinajstić information content (AvgIpc) is 2.27. The van der Waals surface area contributed by atoms with Gasteiger partial charge in [-0.05, 0) is 6.07 Å². The molecule has 1 unspecified atom stereocenters. The molecule has 1 aliphatic heterocycles. The van der Waals surface area contributed by atoms with Gasteiger partial charge in [-0.15, -0.1) is 0 Å². The molecular weight excluding hydrogens is 187 g/mol. The lowest BCUT2D eigenvalue weighted by molar-refractivity contribution is 0.125. The van der Waals surface area contributed by atoms with Crippen LogP contribution in [0.2, 0.25) is 0 Å². The summed E-state index contributed by atoms with van der Waals surface area (Å²) in [5.41, 5.74) is 0.449. The zero-order valence-corrected chi connectivity index (χ0v) is 7.57. The van der Waals surface area contributed by atoms with Crippen molar-refractivity contribution in [1.82, 2.24) is 0 Å². The Hall–Kier alpha value is -1.29. The number of aliphatic hydroxyl groups excluding tert-OH is 1. The predicted octanol–water partition coefficient (Wildman–Crippen LogP) is 1.46. The SMILES string of the molecule is OC(CF)c1cccc2c1OCCO2. The van der Waals surface area contributed by atoms with Gasteiger partial charge in [0.15, 0.2) is 11.5 Å². The van der Waals surface area contributed by atoms with E-state index in [-0.39, 0.29) is 0 Å². The molecule has 0 aromatic heterocycles. The van der Waals surface area contributed by atoms with Crippen LogP contribution in [0.1, 0.15) is 11.7 Å². The average molecular weight is 198 g/mol. The molecule has 4 heteroatoms. The van der Waals surface area contributed by atoms with Gasteiger partial charge in [0.2, 0.25) is 0 Å². The van der Waals surface area contributed by atoms with Crippen LogP contribution in [0.3, 0.4) is 0 Å². The van der Waals surface area contributed by atoms with Gasteiger partial charge in [-0.1, -0.05) is 12.1 Å². The van der Waals surface area contributed by atoms with Crippen molar-refractivity contribution in [2.45, 2.75) is 6.10 Å². The summed E-state index contributed by atoms with van der Waals surface area (Å²) in [6, 6.07) is 5.09. The van der Waals surface area contributed by atoms with E-state index >= 15 is 0 Å². The maximum Gasteiger partial charge on any atom is 0.167 e. The highest BCUT2D eigenvalue weighted by atomic mass is 19.1. The number of rotatable bonds is 2. The second-order valence-corrected chi connectivity index (χ2v) is 3.04. The number of halogens is 1. The molecule has 1 heterocycles. The van der Waals surface area contributed by atoms with Gasteiger partial charge in [-0.3, -0.25) is 0 Å². The summed E-state index contributed by atoms with van der Waals surface area (Å²) < 4.78 is 22.9. The van der Waals surface area contributed by atoms with Crippen molar-refractivity contribution in [2.75, 3.05) is 19.9 Å². The lowest BCUT2D eigenvalue weighted by Gasteiger charge is -2.22. The number of hydrogen-bond donors (Lipinski definition) is 1. The first-order chi connectivity index (χ1) is 6.83. The highest BCUT2D eigenvalue weighted by molar-refractivity contribution is 5.48. The van der Waals surface area contributed by atoms with Crippen LogP contribution in [0.15, 0.2) is 18.2 Å². The first kappa shape index (κ1) is 9.27. The van der Waals surface area contributed by atoms with Crippen LogP contribution in [-0.4, -0.2) is 25.0 Å². The maximum absolute atomic E-state index is 12.3. The molecule has 0 saturated heterocycles. The number of hydrogen-bond acceptors (Lipinski definition) is 3. The molecule has 0 saturated carbocycles. The van der Waals surface area contributed by atoms with Crippen molar-refractivity contribution in [3.05, 3.63) is 23.8 Å². The Morgan fingerprint density at radius 2 is 2.14 bits per heavy atom. The van der Waals surface area contributed by atoms with Gasteiger partial charge in [-0.25, -0.2) is 4.39 Å². The van der Waals surface area contributed by atoms with E-state index in [1.807, 2.05) is 0 Å². The molecule has 1 atom stereocenters. The monoisotopic (exact) mass is 198 g/mol. The van der Waals surface area contributed by atoms with Crippen LogP contribution < -0.4 is 9.47 Å². The number of aliphatic hydroxyl groups is 1. The van der Waals surface area contributed by atoms with Crippen LogP contribution in [0.4, 0.5) is 4.39 Å². The van der Waals surface area contributed by atoms with E-state index in [1.165, 1.54) is 0 Å². The molecule has 0 spiro atoms. The first-order valence-electron chi connectivity index (χ1n) is 4.45. The Kier molecular flexibility index (Phi) is 2.54. The third-order valence-corrected chi connectivity index (χ3v) is 2.10. The third kappa shape index (κ3) is 1.53. The molecule has 0 aliphatic carbocycles. The van der Waals surface area contributed by atoms with E-state index in [1.54, 1.807) is 18.2 Å². The molecule has 76 valence electrons. The van der Waals surface area contributed by atoms with Crippen LogP contribution in [0.5, 0.6) is 11.5 Å². The van der Waals surface area contributed by atoms with Crippen LogP contribution >= 0.6 is 0 Å². The molecular formula is C10H11FO3. The fourth-order valence-electron chi connectivity index (χ4n) is 1.44. The largest absolute Gasteiger partial charge is 0.486 e. The number of ether oxygens (including phenoxy) is 2. The second-order valence-electron chi connectivity index (χ2n) is 3.04. The van der Waals surface area contributed by atoms with E-state index < -0.39 is 12.8 Å². The van der Waals surface area contributed by atoms with Crippen molar-refractivity contribution < 1.29 is 19.0 Å². The summed E-state index contributed by atoms with van der Waals surface area (Å²) >= 11 is 0. The molecule has 0 amide bonds. The Labute approximate surface area is 81.1 Å². The summed E-state index contributed by atoms with van der Waals surface area (Å²) in [5.74, 6) is 1.03. The minimum atomic E-state index is -1.13. The van der Waals surface area contributed by atoms with Gasteiger partial charge in [0, 0.05) is 5.56 Å². The Morgan fingerprint density at radius 1 is 1.36 bits per heavy atom. The van der Waals surface area contributed by atoms with Crippen LogP contribution in [0.25, 0.3) is 0 Å². The second kappa shape index (κ2) is 3.84. The van der Waals surface area contributed by atoms with Crippen molar-refractivity contribution in [2.24, 2.45) is 0 Å². The number of para-hydroxylation sites is 1. The van der Waals surface area contributed by atoms with Gasteiger partial charge in [0.05, 0.1) is 0 Å². The maximum atomic E-state index is 12.3. The standard InChI is InChI=1S/C10H11FO3/c11-6-8(12)7-2-1-3-9-10(7)14-5-4-13-9/h1-3,8,12H,4-6H2. The molecule has 14 heavy (non-hydrogen) atoms. The van der Waals surface area contributed by atoms with Crippen molar-refractivity contribution in [3.63, 3.8) is 0 Å². The number of fused-ring (bicyclic) bond motifs is 1. The van der Waals surface area contributed by atoms with Crippen molar-refractivity contribution in [1.29, 1.82) is 0 Å². The quantitative estimate of drug-likeness (QED) is 0.781. The Morgan fingerprint density at radius 3 is 2.93 bits per heavy atom. The van der Waals surface area contributed by atoms with Crippen LogP contribution in [-0.2, 0) is 0 Å². The normalized spacial score (nSPS) is 16.4. The van der Waals surface area contributed by atoms with Gasteiger partial charge >= 0.3 is 0 Å². The minimum Gasteiger partial charge on any atom is -0.486 e. The molecule has 1 aromatic carbocycles. The molecule has 1 aromatic rings. The van der Waals surface area contributed by atoms with Gasteiger partial charge < -0.3 is 14.6 Å². The summed E-state index contributed by atoms with van der Waals surface area (Å²) in [4.78, 5) is 0. The smallest absolute Gasteiger partial charge is 0.167 e. The zero-order chi connectivity index (χ0) is 9.97. The molecule has 1 N–H and O–H groups in total. The first-order valence-corrected chi connectivity index (χ1v) is 4.45. The van der Waals surface area contributed by atoms with Crippen molar-refractivity contribution in [3.8, 4) is 11.5 Å². The minimum absolute atomic E-state index is 0.434. The topological polar surface area (TPSA) is 38.7 Å². The Balaban J connectivity index is 2.39. The summed E-state index contributed by atoms with van der Waals surface area (Å²) in [6.07, 6.45) is -1.13. The van der Waals surface area contributed by atoms with Gasteiger partial charge in [0.1, 0.15) is 26.0 Å². The molecule has 0 bridgehead atoms. The summed E-state index contributed by atoms with van der Waals surface area (Å²) in [5, 5.41) is 9.37. The van der Waals surface area contributed by atoms with Crippen molar-refractivity contribution >= 4 is 0 Å². The number of benzene rings is 1. The number of alkyl halides is 1. The molecule has 0 fully saturated rings.